The fourth-order valence-electron chi connectivity index (χ4n) is 25.3. The van der Waals surface area contributed by atoms with Gasteiger partial charge in [-0.05, 0) is 311 Å². The normalized spacial score (nSPS) is 14.4. The van der Waals surface area contributed by atoms with Crippen LogP contribution in [0.25, 0.3) is 156 Å². The van der Waals surface area contributed by atoms with Gasteiger partial charge in [-0.25, -0.2) is 0 Å². The van der Waals surface area contributed by atoms with Gasteiger partial charge in [0.25, 0.3) is 0 Å². The van der Waals surface area contributed by atoms with Crippen LogP contribution in [0.5, 0.6) is 0 Å². The average Bonchev–Trinajstić information content (AvgIpc) is 1.51. The van der Waals surface area contributed by atoms with Crippen LogP contribution in [-0.2, 0) is 34.5 Å². The van der Waals surface area contributed by atoms with Crippen LogP contribution in [0, 0.1) is 0 Å². The Labute approximate surface area is 847 Å². The van der Waals surface area contributed by atoms with Crippen LogP contribution < -0.4 is 0 Å². The summed E-state index contributed by atoms with van der Waals surface area (Å²) in [5.74, 6) is 0. The Morgan fingerprint density at radius 2 is 0.317 bits per heavy atom. The van der Waals surface area contributed by atoms with E-state index >= 15 is 0 Å². The molecule has 142 heavy (non-hydrogen) atoms. The molecule has 3 fully saturated rings. The molecule has 0 N–H and O–H groups in total. The Hall–Kier alpha value is -14.8. The highest BCUT2D eigenvalue weighted by atomic mass is 14.5. The van der Waals surface area contributed by atoms with E-state index in [0.717, 1.165) is 12.8 Å². The van der Waals surface area contributed by atoms with Crippen molar-refractivity contribution in [2.75, 3.05) is 0 Å². The number of fused-ring (bicyclic) bond motifs is 21. The molecular formula is C142H134. The average molecular weight is 1840 g/mol. The molecule has 3 saturated carbocycles. The number of rotatable bonds is 10. The molecule has 8 aliphatic carbocycles. The Morgan fingerprint density at radius 3 is 0.577 bits per heavy atom. The first-order chi connectivity index (χ1) is 70.4. The highest BCUT2D eigenvalue weighted by Gasteiger charge is 2.52. The molecule has 27 rings (SSSR count). The van der Waals surface area contributed by atoms with Gasteiger partial charge in [-0.15, -0.1) is 0 Å². The lowest BCUT2D eigenvalue weighted by Crippen LogP contribution is -2.25. The molecule has 19 aromatic rings. The van der Waals surface area contributed by atoms with Gasteiger partial charge in [0.1, 0.15) is 0 Å². The maximum absolute atomic E-state index is 2.49. The van der Waals surface area contributed by atoms with Gasteiger partial charge in [0.2, 0.25) is 0 Å². The molecule has 4 spiro atoms. The molecule has 0 bridgehead atoms. The van der Waals surface area contributed by atoms with E-state index in [0.29, 0.717) is 0 Å². The Kier molecular flexibility index (Phi) is 29.4. The van der Waals surface area contributed by atoms with E-state index in [9.17, 15) is 0 Å². The van der Waals surface area contributed by atoms with Crippen LogP contribution in [0.1, 0.15) is 202 Å². The third kappa shape index (κ3) is 17.8. The second-order valence-electron chi connectivity index (χ2n) is 38.1. The Morgan fingerprint density at radius 1 is 0.127 bits per heavy atom. The van der Waals surface area contributed by atoms with Gasteiger partial charge in [-0.1, -0.05) is 520 Å². The van der Waals surface area contributed by atoms with E-state index in [2.05, 4.69) is 461 Å². The van der Waals surface area contributed by atoms with Crippen molar-refractivity contribution in [2.45, 2.75) is 181 Å². The lowest BCUT2D eigenvalue weighted by Gasteiger charge is -2.31. The molecule has 702 valence electrons. The molecule has 0 radical (unpaired) electrons. The third-order valence-electron chi connectivity index (χ3n) is 31.1. The summed E-state index contributed by atoms with van der Waals surface area (Å²) >= 11 is 0. The second-order valence-corrected chi connectivity index (χ2v) is 38.1. The lowest BCUT2D eigenvalue weighted by molar-refractivity contribution is 0.550. The maximum Gasteiger partial charge on any atom is 0.0295 e. The summed E-state index contributed by atoms with van der Waals surface area (Å²) in [5.41, 5.74) is 53.5. The zero-order chi connectivity index (χ0) is 97.6. The SMILES string of the molecule is CC.CC.CC.CC.CC.c1ccc(-c2cc(-c3ccccc3)c3c(c2)-c2cc(-c4ccccc4)cc(-c4ccccc4)c2C32CCCC2)cc1.c1ccc(-c2ccc3c(c2)-c2cc(-c4ccccc4)ccc2C32CCCC2)cc1.c1ccc(-c2ccc3c(c2)-c2cc(-c4ccccc4)ccc2C32Cc3ccccc3C2)cc1.c1ccc(-c2cccc3c2C2(CCCC2)c2c(-c4ccccc4)cccc2-3)cc1. The topological polar surface area (TPSA) is 0 Å². The van der Waals surface area contributed by atoms with Crippen molar-refractivity contribution in [3.05, 3.63) is 517 Å². The molecule has 0 aromatic heterocycles. The highest BCUT2D eigenvalue weighted by Crippen LogP contribution is 2.66. The smallest absolute Gasteiger partial charge is 0.0295 e. The quantitative estimate of drug-likeness (QED) is 0.128. The van der Waals surface area contributed by atoms with Gasteiger partial charge in [-0.3, -0.25) is 0 Å². The van der Waals surface area contributed by atoms with Gasteiger partial charge in [0.15, 0.2) is 0 Å². The molecule has 0 heteroatoms. The fourth-order valence-corrected chi connectivity index (χ4v) is 25.3. The maximum atomic E-state index is 2.49. The van der Waals surface area contributed by atoms with Crippen molar-refractivity contribution in [1.82, 2.24) is 0 Å². The van der Waals surface area contributed by atoms with Gasteiger partial charge < -0.3 is 0 Å². The monoisotopic (exact) mass is 1840 g/mol. The molecule has 0 unspecified atom stereocenters. The van der Waals surface area contributed by atoms with Crippen LogP contribution in [0.3, 0.4) is 0 Å². The zero-order valence-electron chi connectivity index (χ0n) is 84.8. The van der Waals surface area contributed by atoms with Gasteiger partial charge in [-0.2, -0.15) is 0 Å². The lowest BCUT2D eigenvalue weighted by atomic mass is 9.71. The van der Waals surface area contributed by atoms with E-state index in [1.165, 1.54) is 255 Å². The summed E-state index contributed by atoms with van der Waals surface area (Å²) in [4.78, 5) is 0. The predicted molar refractivity (Wildman–Crippen MR) is 611 cm³/mol. The minimum Gasteiger partial charge on any atom is -0.0683 e. The van der Waals surface area contributed by atoms with Gasteiger partial charge in [0.05, 0.1) is 0 Å². The summed E-state index contributed by atoms with van der Waals surface area (Å²) in [5, 5.41) is 0. The number of hydrogen-bond acceptors (Lipinski definition) is 0. The van der Waals surface area contributed by atoms with Crippen LogP contribution in [0.15, 0.2) is 461 Å². The molecule has 0 saturated heterocycles. The molecule has 19 aromatic carbocycles. The van der Waals surface area contributed by atoms with Crippen LogP contribution in [0.4, 0.5) is 0 Å². The summed E-state index contributed by atoms with van der Waals surface area (Å²) in [6, 6.07) is 170. The molecule has 0 nitrogen and oxygen atoms in total. The minimum absolute atomic E-state index is 0.0193. The highest BCUT2D eigenvalue weighted by molar-refractivity contribution is 6.00. The van der Waals surface area contributed by atoms with E-state index in [1.54, 1.807) is 33.4 Å². The molecule has 0 amide bonds. The van der Waals surface area contributed by atoms with Crippen molar-refractivity contribution >= 4 is 0 Å². The summed E-state index contributed by atoms with van der Waals surface area (Å²) in [7, 11) is 0. The summed E-state index contributed by atoms with van der Waals surface area (Å²) < 4.78 is 0. The minimum atomic E-state index is 0.0193. The van der Waals surface area contributed by atoms with E-state index in [-0.39, 0.29) is 21.7 Å². The number of benzene rings is 19. The standard InChI is InChI=1S/C41H32.C33H24.2C29H24.5C2H6/c1-5-15-29(16-6-1)33-25-35(31-19-9-3-10-20-31)39-37(27-33)38-28-34(30-17-7-2-8-18-30)26-36(32-21-11-4-12-22-32)40(38)41(39)23-13-14-24-41;1-3-9-23(10-4-1)25-15-17-31-29(19-25)30-20-26(24-11-5-2-6-12-24)16-18-32(30)33(31)21-27-13-7-8-14-28(27)22-33;1-3-11-21(12-4-1)23-15-9-17-25-26-18-10-16-24(22-13-5-2-6-14-22)28(26)29(27(23)25)19-7-8-20-29;1-3-9-21(10-4-1)23-13-15-27-25(19-23)26-20-24(22-11-5-2-6-12-22)14-16-28(26)29(27)17-7-8-18-29;5*1-2/h1-12,15-22,25-28H,13-14,23-24H2;1-20H,21-22H2;1-6,9-18H,7-8,19-20H2;1-6,9-16,19-20H,7-8,17-18H2;5*1-2H3. The van der Waals surface area contributed by atoms with Crippen molar-refractivity contribution in [3.8, 4) is 156 Å². The predicted octanol–water partition coefficient (Wildman–Crippen LogP) is 40.1. The van der Waals surface area contributed by atoms with Crippen molar-refractivity contribution < 1.29 is 0 Å². The Bertz CT molecular complexity index is 7050. The first kappa shape index (κ1) is 96.1. The van der Waals surface area contributed by atoms with Crippen molar-refractivity contribution in [1.29, 1.82) is 0 Å². The van der Waals surface area contributed by atoms with Crippen molar-refractivity contribution in [2.24, 2.45) is 0 Å². The summed E-state index contributed by atoms with van der Waals surface area (Å²) in [6.45, 7) is 20.0. The molecule has 0 aliphatic heterocycles. The Balaban J connectivity index is 0.000000118. The fraction of sp³-hybridized carbons (Fsp3) is 0.197. The van der Waals surface area contributed by atoms with Crippen LogP contribution in [-0.4, -0.2) is 0 Å². The summed E-state index contributed by atoms with van der Waals surface area (Å²) in [6.07, 6.45) is 17.4. The molecule has 0 heterocycles. The van der Waals surface area contributed by atoms with E-state index in [1.807, 2.05) is 69.2 Å². The third-order valence-corrected chi connectivity index (χ3v) is 31.1. The van der Waals surface area contributed by atoms with E-state index < -0.39 is 0 Å². The second kappa shape index (κ2) is 43.5. The zero-order valence-corrected chi connectivity index (χ0v) is 84.8. The first-order valence-electron chi connectivity index (χ1n) is 53.2. The first-order valence-corrected chi connectivity index (χ1v) is 53.2. The van der Waals surface area contributed by atoms with E-state index in [4.69, 9.17) is 0 Å². The van der Waals surface area contributed by atoms with Gasteiger partial charge in [0, 0.05) is 21.7 Å². The van der Waals surface area contributed by atoms with Crippen LogP contribution in [0.2, 0.25) is 0 Å². The molecule has 0 atom stereocenters. The molecule has 8 aliphatic rings. The molecular weight excluding hydrogens is 1710 g/mol. The number of hydrogen-bond donors (Lipinski definition) is 0. The van der Waals surface area contributed by atoms with Crippen LogP contribution >= 0.6 is 0 Å². The van der Waals surface area contributed by atoms with Gasteiger partial charge >= 0.3 is 0 Å². The largest absolute Gasteiger partial charge is 0.0683 e. The van der Waals surface area contributed by atoms with Crippen molar-refractivity contribution in [3.63, 3.8) is 0 Å².